The molecule has 0 saturated carbocycles. The zero-order chi connectivity index (χ0) is 19.1. The van der Waals surface area contributed by atoms with Crippen LogP contribution in [0.5, 0.6) is 0 Å². The molecule has 0 fully saturated rings. The van der Waals surface area contributed by atoms with E-state index in [1.54, 1.807) is 30.6 Å². The molecule has 2 N–H and O–H groups in total. The fourth-order valence-electron chi connectivity index (χ4n) is 2.67. The number of aliphatic hydroxyl groups is 1. The number of pyridine rings is 1. The summed E-state index contributed by atoms with van der Waals surface area (Å²) in [5, 5.41) is 11.5. The Balaban J connectivity index is 1.62. The molecule has 0 radical (unpaired) electrons. The molecule has 2 aromatic heterocycles. The number of carbonyl (C=O) groups is 1. The molecule has 0 atom stereocenters. The van der Waals surface area contributed by atoms with Gasteiger partial charge >= 0.3 is 0 Å². The lowest BCUT2D eigenvalue weighted by atomic mass is 10.1. The number of hydrogen-bond donors (Lipinski definition) is 2. The molecule has 0 aliphatic rings. The van der Waals surface area contributed by atoms with Gasteiger partial charge in [-0.15, -0.1) is 0 Å². The molecule has 3 rings (SSSR count). The van der Waals surface area contributed by atoms with Crippen molar-refractivity contribution in [2.75, 3.05) is 11.9 Å². The van der Waals surface area contributed by atoms with Crippen molar-refractivity contribution < 1.29 is 9.90 Å². The molecule has 0 unspecified atom stereocenters. The first kappa shape index (κ1) is 18.5. The Labute approximate surface area is 158 Å². The van der Waals surface area contributed by atoms with E-state index in [9.17, 15) is 4.79 Å². The average Bonchev–Trinajstić information content (AvgIpc) is 3.13. The van der Waals surface area contributed by atoms with Gasteiger partial charge in [-0.05, 0) is 35.8 Å². The number of imidazole rings is 1. The molecule has 0 aliphatic heterocycles. The van der Waals surface area contributed by atoms with E-state index in [0.29, 0.717) is 23.6 Å². The van der Waals surface area contributed by atoms with Gasteiger partial charge in [-0.1, -0.05) is 37.3 Å². The van der Waals surface area contributed by atoms with E-state index >= 15 is 0 Å². The minimum atomic E-state index is -0.265. The first-order valence-corrected chi connectivity index (χ1v) is 8.82. The molecule has 1 aromatic carbocycles. The SMILES string of the molecule is CCc1cccc(Cn2cnc(NC(=O)c3ccc(/C=C/CO)nc3)c2)c1. The lowest BCUT2D eigenvalue weighted by molar-refractivity contribution is 0.102. The maximum absolute atomic E-state index is 12.3. The average molecular weight is 362 g/mol. The fraction of sp³-hybridized carbons (Fsp3) is 0.190. The molecule has 6 heteroatoms. The van der Waals surface area contributed by atoms with Gasteiger partial charge in [0.15, 0.2) is 5.82 Å². The van der Waals surface area contributed by atoms with Crippen molar-refractivity contribution >= 4 is 17.8 Å². The molecule has 3 aromatic rings. The Kier molecular flexibility index (Phi) is 6.12. The number of nitrogens with zero attached hydrogens (tertiary/aromatic N) is 3. The third kappa shape index (κ3) is 5.12. The number of nitrogens with one attached hydrogen (secondary N) is 1. The largest absolute Gasteiger partial charge is 0.392 e. The Morgan fingerprint density at radius 3 is 2.81 bits per heavy atom. The number of aliphatic hydroxyl groups excluding tert-OH is 1. The van der Waals surface area contributed by atoms with Crippen molar-refractivity contribution in [2.45, 2.75) is 19.9 Å². The van der Waals surface area contributed by atoms with Crippen LogP contribution in [0.25, 0.3) is 6.08 Å². The Morgan fingerprint density at radius 1 is 1.22 bits per heavy atom. The molecule has 0 spiro atoms. The van der Waals surface area contributed by atoms with Gasteiger partial charge in [0.05, 0.1) is 24.2 Å². The summed E-state index contributed by atoms with van der Waals surface area (Å²) >= 11 is 0. The summed E-state index contributed by atoms with van der Waals surface area (Å²) in [5.74, 6) is 0.231. The second-order valence-electron chi connectivity index (χ2n) is 6.12. The van der Waals surface area contributed by atoms with Gasteiger partial charge in [0.25, 0.3) is 5.91 Å². The summed E-state index contributed by atoms with van der Waals surface area (Å²) in [6.07, 6.45) is 9.29. The number of aromatic nitrogens is 3. The van der Waals surface area contributed by atoms with Gasteiger partial charge in [0.1, 0.15) is 0 Å². The summed E-state index contributed by atoms with van der Waals surface area (Å²) in [5.41, 5.74) is 3.62. The van der Waals surface area contributed by atoms with Crippen molar-refractivity contribution in [3.05, 3.63) is 83.6 Å². The molecular weight excluding hydrogens is 340 g/mol. The summed E-state index contributed by atoms with van der Waals surface area (Å²) in [6.45, 7) is 2.79. The van der Waals surface area contributed by atoms with Crippen molar-refractivity contribution in [3.63, 3.8) is 0 Å². The predicted molar refractivity (Wildman–Crippen MR) is 105 cm³/mol. The molecule has 0 bridgehead atoms. The van der Waals surface area contributed by atoms with Gasteiger partial charge in [0, 0.05) is 18.9 Å². The molecule has 1 amide bonds. The second-order valence-corrected chi connectivity index (χ2v) is 6.12. The minimum absolute atomic E-state index is 0.0463. The molecule has 2 heterocycles. The third-order valence-corrected chi connectivity index (χ3v) is 4.08. The van der Waals surface area contributed by atoms with Crippen LogP contribution in [0.1, 0.15) is 34.1 Å². The van der Waals surface area contributed by atoms with Crippen LogP contribution in [0.4, 0.5) is 5.82 Å². The Hall–Kier alpha value is -3.25. The van der Waals surface area contributed by atoms with Crippen LogP contribution >= 0.6 is 0 Å². The van der Waals surface area contributed by atoms with Crippen molar-refractivity contribution in [2.24, 2.45) is 0 Å². The van der Waals surface area contributed by atoms with Crippen LogP contribution in [-0.2, 0) is 13.0 Å². The highest BCUT2D eigenvalue weighted by molar-refractivity contribution is 6.03. The number of amides is 1. The number of rotatable bonds is 7. The van der Waals surface area contributed by atoms with Crippen LogP contribution in [0.3, 0.4) is 0 Å². The third-order valence-electron chi connectivity index (χ3n) is 4.08. The van der Waals surface area contributed by atoms with E-state index in [2.05, 4.69) is 46.5 Å². The molecule has 0 saturated heterocycles. The standard InChI is InChI=1S/C21H22N4O2/c1-2-16-5-3-6-17(11-16)13-25-14-20(23-15-25)24-21(27)18-8-9-19(22-12-18)7-4-10-26/h3-9,11-12,14-15,26H,2,10,13H2,1H3,(H,24,27)/b7-4+. The summed E-state index contributed by atoms with van der Waals surface area (Å²) in [4.78, 5) is 20.8. The number of hydrogen-bond acceptors (Lipinski definition) is 4. The van der Waals surface area contributed by atoms with E-state index in [4.69, 9.17) is 5.11 Å². The van der Waals surface area contributed by atoms with Crippen LogP contribution in [0.2, 0.25) is 0 Å². The topological polar surface area (TPSA) is 80.0 Å². The molecule has 27 heavy (non-hydrogen) atoms. The van der Waals surface area contributed by atoms with Crippen molar-refractivity contribution in [3.8, 4) is 0 Å². The maximum atomic E-state index is 12.3. The predicted octanol–water partition coefficient (Wildman–Crippen LogP) is 3.15. The number of benzene rings is 1. The van der Waals surface area contributed by atoms with Gasteiger partial charge in [-0.3, -0.25) is 9.78 Å². The van der Waals surface area contributed by atoms with Crippen LogP contribution in [-0.4, -0.2) is 32.2 Å². The molecule has 138 valence electrons. The van der Waals surface area contributed by atoms with Gasteiger partial charge in [-0.25, -0.2) is 4.98 Å². The Bertz CT molecular complexity index is 929. The van der Waals surface area contributed by atoms with Gasteiger partial charge < -0.3 is 15.0 Å². The summed E-state index contributed by atoms with van der Waals surface area (Å²) in [7, 11) is 0. The summed E-state index contributed by atoms with van der Waals surface area (Å²) < 4.78 is 1.94. The fourth-order valence-corrected chi connectivity index (χ4v) is 2.67. The zero-order valence-electron chi connectivity index (χ0n) is 15.2. The Morgan fingerprint density at radius 2 is 2.07 bits per heavy atom. The number of aryl methyl sites for hydroxylation is 1. The first-order chi connectivity index (χ1) is 13.2. The number of anilines is 1. The molecule has 0 aliphatic carbocycles. The van der Waals surface area contributed by atoms with E-state index in [-0.39, 0.29) is 12.5 Å². The second kappa shape index (κ2) is 8.91. The zero-order valence-corrected chi connectivity index (χ0v) is 15.2. The number of carbonyl (C=O) groups excluding carboxylic acids is 1. The quantitative estimate of drug-likeness (QED) is 0.677. The van der Waals surface area contributed by atoms with E-state index in [1.165, 1.54) is 17.3 Å². The van der Waals surface area contributed by atoms with Gasteiger partial charge in [0.2, 0.25) is 0 Å². The summed E-state index contributed by atoms with van der Waals surface area (Å²) in [6, 6.07) is 11.8. The lowest BCUT2D eigenvalue weighted by Crippen LogP contribution is -2.12. The normalized spacial score (nSPS) is 11.0. The van der Waals surface area contributed by atoms with Crippen molar-refractivity contribution in [1.29, 1.82) is 0 Å². The highest BCUT2D eigenvalue weighted by atomic mass is 16.2. The minimum Gasteiger partial charge on any atom is -0.392 e. The first-order valence-electron chi connectivity index (χ1n) is 8.82. The smallest absolute Gasteiger partial charge is 0.258 e. The van der Waals surface area contributed by atoms with Crippen LogP contribution in [0, 0.1) is 0 Å². The van der Waals surface area contributed by atoms with Crippen LogP contribution < -0.4 is 5.32 Å². The molecule has 6 nitrogen and oxygen atoms in total. The van der Waals surface area contributed by atoms with Crippen LogP contribution in [0.15, 0.2) is 61.2 Å². The monoisotopic (exact) mass is 362 g/mol. The van der Waals surface area contributed by atoms with E-state index < -0.39 is 0 Å². The van der Waals surface area contributed by atoms with Crippen molar-refractivity contribution in [1.82, 2.24) is 14.5 Å². The lowest BCUT2D eigenvalue weighted by Gasteiger charge is -2.05. The highest BCUT2D eigenvalue weighted by Gasteiger charge is 2.08. The van der Waals surface area contributed by atoms with E-state index in [1.807, 2.05) is 10.8 Å². The molecular formula is C21H22N4O2. The maximum Gasteiger partial charge on any atom is 0.258 e. The van der Waals surface area contributed by atoms with Gasteiger partial charge in [-0.2, -0.15) is 0 Å². The highest BCUT2D eigenvalue weighted by Crippen LogP contribution is 2.11. The van der Waals surface area contributed by atoms with E-state index in [0.717, 1.165) is 6.42 Å².